The first-order valence-corrected chi connectivity index (χ1v) is 6.24. The normalized spacial score (nSPS) is 12.7. The summed E-state index contributed by atoms with van der Waals surface area (Å²) in [6.45, 7) is 6.34. The number of ether oxygens (including phenoxy) is 1. The molecule has 0 spiro atoms. The van der Waals surface area contributed by atoms with Gasteiger partial charge in [0.1, 0.15) is 16.0 Å². The van der Waals surface area contributed by atoms with Gasteiger partial charge >= 0.3 is 5.97 Å². The summed E-state index contributed by atoms with van der Waals surface area (Å²) in [5.41, 5.74) is 0.577. The third-order valence-corrected chi connectivity index (χ3v) is 3.44. The molecule has 1 rings (SSSR count). The first kappa shape index (κ1) is 13.1. The highest BCUT2D eigenvalue weighted by Crippen LogP contribution is 2.29. The van der Waals surface area contributed by atoms with E-state index in [4.69, 9.17) is 9.84 Å². The van der Waals surface area contributed by atoms with E-state index >= 15 is 0 Å². The van der Waals surface area contributed by atoms with Crippen LogP contribution in [0.3, 0.4) is 0 Å². The van der Waals surface area contributed by atoms with Crippen molar-refractivity contribution in [3.8, 4) is 0 Å². The highest BCUT2D eigenvalue weighted by Gasteiger charge is 2.20. The molecular formula is C11H17NO3S. The van der Waals surface area contributed by atoms with Gasteiger partial charge < -0.3 is 9.84 Å². The molecule has 0 saturated heterocycles. The van der Waals surface area contributed by atoms with Crippen LogP contribution in [0.15, 0.2) is 0 Å². The molecule has 1 unspecified atom stereocenters. The van der Waals surface area contributed by atoms with Gasteiger partial charge in [-0.2, -0.15) is 0 Å². The molecule has 16 heavy (non-hydrogen) atoms. The van der Waals surface area contributed by atoms with Crippen molar-refractivity contribution < 1.29 is 14.6 Å². The number of aromatic nitrogens is 1. The van der Waals surface area contributed by atoms with Crippen LogP contribution in [0, 0.1) is 6.92 Å². The van der Waals surface area contributed by atoms with Gasteiger partial charge in [0.15, 0.2) is 0 Å². The fraction of sp³-hybridized carbons (Fsp3) is 0.636. The minimum absolute atomic E-state index is 0.0631. The third kappa shape index (κ3) is 3.02. The summed E-state index contributed by atoms with van der Waals surface area (Å²) in [6, 6.07) is 0. The Balaban J connectivity index is 2.92. The maximum Gasteiger partial charge on any atom is 0.347 e. The lowest BCUT2D eigenvalue weighted by molar-refractivity contribution is 0.0554. The number of hydrogen-bond donors (Lipinski definition) is 1. The van der Waals surface area contributed by atoms with Crippen molar-refractivity contribution in [2.24, 2.45) is 0 Å². The molecule has 1 heterocycles. The van der Waals surface area contributed by atoms with Crippen molar-refractivity contribution in [2.45, 2.75) is 39.7 Å². The number of aryl methyl sites for hydroxylation is 1. The zero-order valence-electron chi connectivity index (χ0n) is 9.82. The van der Waals surface area contributed by atoms with E-state index in [2.05, 4.69) is 11.9 Å². The molecule has 4 nitrogen and oxygen atoms in total. The van der Waals surface area contributed by atoms with Crippen LogP contribution in [0.1, 0.15) is 53.2 Å². The van der Waals surface area contributed by atoms with Crippen LogP contribution in [0.25, 0.3) is 0 Å². The molecular weight excluding hydrogens is 226 g/mol. The molecule has 0 aromatic carbocycles. The second kappa shape index (κ2) is 5.96. The zero-order valence-corrected chi connectivity index (χ0v) is 10.6. The van der Waals surface area contributed by atoms with Gasteiger partial charge in [0.25, 0.3) is 0 Å². The highest BCUT2D eigenvalue weighted by molar-refractivity contribution is 7.13. The lowest BCUT2D eigenvalue weighted by Gasteiger charge is -2.12. The molecule has 1 atom stereocenters. The zero-order chi connectivity index (χ0) is 12.1. The van der Waals surface area contributed by atoms with E-state index in [9.17, 15) is 4.79 Å². The summed E-state index contributed by atoms with van der Waals surface area (Å²) in [5.74, 6) is -0.909. The predicted octanol–water partition coefficient (Wildman–Crippen LogP) is 3.03. The van der Waals surface area contributed by atoms with Crippen molar-refractivity contribution in [1.82, 2.24) is 4.98 Å². The van der Waals surface area contributed by atoms with Gasteiger partial charge in [-0.25, -0.2) is 9.78 Å². The average molecular weight is 243 g/mol. The Morgan fingerprint density at radius 3 is 2.69 bits per heavy atom. The predicted molar refractivity (Wildman–Crippen MR) is 63.1 cm³/mol. The van der Waals surface area contributed by atoms with Crippen LogP contribution in [-0.2, 0) is 4.74 Å². The molecule has 0 fully saturated rings. The second-order valence-corrected chi connectivity index (χ2v) is 4.54. The van der Waals surface area contributed by atoms with Gasteiger partial charge in [0, 0.05) is 6.61 Å². The number of thiazole rings is 1. The quantitative estimate of drug-likeness (QED) is 0.834. The fourth-order valence-electron chi connectivity index (χ4n) is 1.49. The molecule has 0 aliphatic heterocycles. The van der Waals surface area contributed by atoms with Crippen LogP contribution in [0.4, 0.5) is 0 Å². The number of carbonyl (C=O) groups is 1. The maximum absolute atomic E-state index is 10.9. The molecule has 0 aliphatic rings. The maximum atomic E-state index is 10.9. The molecule has 5 heteroatoms. The topological polar surface area (TPSA) is 59.4 Å². The summed E-state index contributed by atoms with van der Waals surface area (Å²) in [7, 11) is 0. The molecule has 1 aromatic heterocycles. The molecule has 1 aromatic rings. The van der Waals surface area contributed by atoms with E-state index < -0.39 is 5.97 Å². The van der Waals surface area contributed by atoms with E-state index in [-0.39, 0.29) is 6.10 Å². The number of hydrogen-bond acceptors (Lipinski definition) is 4. The Labute approximate surface area is 99.3 Å². The van der Waals surface area contributed by atoms with Crippen LogP contribution in [0.2, 0.25) is 0 Å². The minimum Gasteiger partial charge on any atom is -0.477 e. The molecule has 90 valence electrons. The van der Waals surface area contributed by atoms with Gasteiger partial charge in [-0.15, -0.1) is 11.3 Å². The lowest BCUT2D eigenvalue weighted by atomic mass is 10.2. The SMILES string of the molecule is CCCC(OCC)c1nc(C)c(C(=O)O)s1. The van der Waals surface area contributed by atoms with Crippen LogP contribution < -0.4 is 0 Å². The summed E-state index contributed by atoms with van der Waals surface area (Å²) < 4.78 is 5.57. The largest absolute Gasteiger partial charge is 0.477 e. The number of nitrogens with zero attached hydrogens (tertiary/aromatic N) is 1. The summed E-state index contributed by atoms with van der Waals surface area (Å²) in [6.07, 6.45) is 1.80. The smallest absolute Gasteiger partial charge is 0.347 e. The van der Waals surface area contributed by atoms with Crippen molar-refractivity contribution in [1.29, 1.82) is 0 Å². The molecule has 0 amide bonds. The number of aromatic carboxylic acids is 1. The Hall–Kier alpha value is -0.940. The number of rotatable bonds is 6. The Kier molecular flexibility index (Phi) is 4.89. The van der Waals surface area contributed by atoms with E-state index in [1.54, 1.807) is 6.92 Å². The summed E-state index contributed by atoms with van der Waals surface area (Å²) >= 11 is 1.22. The van der Waals surface area contributed by atoms with E-state index in [0.29, 0.717) is 17.2 Å². The van der Waals surface area contributed by atoms with Crippen LogP contribution >= 0.6 is 11.3 Å². The number of carboxylic acids is 1. The first-order valence-electron chi connectivity index (χ1n) is 5.42. The lowest BCUT2D eigenvalue weighted by Crippen LogP contribution is -2.03. The van der Waals surface area contributed by atoms with Gasteiger partial charge in [0.05, 0.1) is 5.69 Å². The average Bonchev–Trinajstić information content (AvgIpc) is 2.60. The summed E-state index contributed by atoms with van der Waals surface area (Å²) in [5, 5.41) is 9.73. The van der Waals surface area contributed by atoms with Gasteiger partial charge in [-0.1, -0.05) is 13.3 Å². The first-order chi connectivity index (χ1) is 7.60. The van der Waals surface area contributed by atoms with Gasteiger partial charge in [-0.05, 0) is 20.3 Å². The fourth-order valence-corrected chi connectivity index (χ4v) is 2.48. The monoisotopic (exact) mass is 243 g/mol. The van der Waals surface area contributed by atoms with Gasteiger partial charge in [-0.3, -0.25) is 0 Å². The molecule has 0 aliphatic carbocycles. The summed E-state index contributed by atoms with van der Waals surface area (Å²) in [4.78, 5) is 15.5. The van der Waals surface area contributed by atoms with E-state index in [1.807, 2.05) is 6.92 Å². The van der Waals surface area contributed by atoms with Crippen LogP contribution in [-0.4, -0.2) is 22.7 Å². The van der Waals surface area contributed by atoms with Crippen molar-refractivity contribution in [3.05, 3.63) is 15.6 Å². The standard InChI is InChI=1S/C11H17NO3S/c1-4-6-8(15-5-2)10-12-7(3)9(16-10)11(13)14/h8H,4-6H2,1-3H3,(H,13,14). The Morgan fingerprint density at radius 1 is 1.56 bits per heavy atom. The van der Waals surface area contributed by atoms with Crippen molar-refractivity contribution in [2.75, 3.05) is 6.61 Å². The second-order valence-electron chi connectivity index (χ2n) is 3.50. The molecule has 0 bridgehead atoms. The number of carboxylic acid groups (broad SMARTS) is 1. The van der Waals surface area contributed by atoms with Crippen molar-refractivity contribution in [3.63, 3.8) is 0 Å². The van der Waals surface area contributed by atoms with E-state index in [1.165, 1.54) is 11.3 Å². The van der Waals surface area contributed by atoms with E-state index in [0.717, 1.165) is 17.8 Å². The highest BCUT2D eigenvalue weighted by atomic mass is 32.1. The third-order valence-electron chi connectivity index (χ3n) is 2.20. The van der Waals surface area contributed by atoms with Crippen molar-refractivity contribution >= 4 is 17.3 Å². The molecule has 1 N–H and O–H groups in total. The minimum atomic E-state index is -0.909. The molecule has 0 radical (unpaired) electrons. The Morgan fingerprint density at radius 2 is 2.25 bits per heavy atom. The molecule has 0 saturated carbocycles. The van der Waals surface area contributed by atoms with Gasteiger partial charge in [0.2, 0.25) is 0 Å². The van der Waals surface area contributed by atoms with Crippen LogP contribution in [0.5, 0.6) is 0 Å². The Bertz CT molecular complexity index is 356.